The van der Waals surface area contributed by atoms with Gasteiger partial charge in [-0.1, -0.05) is 0 Å². The number of ether oxygens (including phenoxy) is 1. The van der Waals surface area contributed by atoms with E-state index in [1.807, 2.05) is 13.0 Å². The van der Waals surface area contributed by atoms with Crippen molar-refractivity contribution in [3.63, 3.8) is 0 Å². The van der Waals surface area contributed by atoms with E-state index in [0.29, 0.717) is 17.7 Å². The molecule has 0 bridgehead atoms. The number of hydrogen-bond acceptors (Lipinski definition) is 6. The average Bonchev–Trinajstić information content (AvgIpc) is 3.48. The fourth-order valence-electron chi connectivity index (χ4n) is 4.20. The Morgan fingerprint density at radius 1 is 1.19 bits per heavy atom. The molecule has 2 aliphatic heterocycles. The molecule has 4 heterocycles. The molecule has 1 aromatic carbocycles. The molecule has 3 aromatic rings. The van der Waals surface area contributed by atoms with Crippen LogP contribution in [-0.4, -0.2) is 32.8 Å². The van der Waals surface area contributed by atoms with Gasteiger partial charge in [0.15, 0.2) is 0 Å². The zero-order valence-corrected chi connectivity index (χ0v) is 16.8. The summed E-state index contributed by atoms with van der Waals surface area (Å²) in [4.78, 5) is 31.4. The summed E-state index contributed by atoms with van der Waals surface area (Å²) in [5.41, 5.74) is 2.25. The largest absolute Gasteiger partial charge is 0.507 e. The van der Waals surface area contributed by atoms with Gasteiger partial charge in [-0.05, 0) is 60.5 Å². The van der Waals surface area contributed by atoms with Crippen molar-refractivity contribution >= 4 is 17.4 Å². The number of aromatic nitrogens is 1. The maximum absolute atomic E-state index is 13.0. The Kier molecular flexibility index (Phi) is 4.58. The molecule has 156 valence electrons. The van der Waals surface area contributed by atoms with Crippen LogP contribution in [0.25, 0.3) is 5.76 Å². The van der Waals surface area contributed by atoms with Crippen LogP contribution in [0.15, 0.2) is 71.1 Å². The third-order valence-corrected chi connectivity index (χ3v) is 5.62. The molecule has 1 N–H and O–H groups in total. The fourth-order valence-corrected chi connectivity index (χ4v) is 4.20. The molecule has 0 saturated carbocycles. The van der Waals surface area contributed by atoms with Crippen molar-refractivity contribution < 1.29 is 23.8 Å². The first kappa shape index (κ1) is 19.1. The molecule has 2 atom stereocenters. The zero-order chi connectivity index (χ0) is 21.5. The van der Waals surface area contributed by atoms with E-state index in [1.165, 1.54) is 11.2 Å². The van der Waals surface area contributed by atoms with Crippen LogP contribution in [0.2, 0.25) is 0 Å². The summed E-state index contributed by atoms with van der Waals surface area (Å²) in [6.07, 6.45) is 5.51. The number of likely N-dealkylation sites (tertiary alicyclic amines) is 1. The van der Waals surface area contributed by atoms with Crippen molar-refractivity contribution in [2.24, 2.45) is 0 Å². The minimum atomic E-state index is -0.827. The summed E-state index contributed by atoms with van der Waals surface area (Å²) in [5.74, 6) is -0.465. The molecule has 0 unspecified atom stereocenters. The van der Waals surface area contributed by atoms with Crippen molar-refractivity contribution in [3.05, 3.63) is 89.1 Å². The molecule has 7 nitrogen and oxygen atoms in total. The fraction of sp³-hybridized carbons (Fsp3) is 0.208. The molecule has 0 spiro atoms. The van der Waals surface area contributed by atoms with Gasteiger partial charge in [-0.15, -0.1) is 0 Å². The monoisotopic (exact) mass is 416 g/mol. The molecule has 0 aliphatic carbocycles. The first-order chi connectivity index (χ1) is 15.0. The van der Waals surface area contributed by atoms with Crippen LogP contribution in [-0.2, 0) is 22.6 Å². The first-order valence-corrected chi connectivity index (χ1v) is 10.0. The summed E-state index contributed by atoms with van der Waals surface area (Å²) >= 11 is 0. The summed E-state index contributed by atoms with van der Waals surface area (Å²) in [6, 6.07) is 11.4. The third kappa shape index (κ3) is 3.28. The highest BCUT2D eigenvalue weighted by molar-refractivity contribution is 6.46. The van der Waals surface area contributed by atoms with Crippen LogP contribution in [0.3, 0.4) is 0 Å². The number of nitrogens with zero attached hydrogens (tertiary/aromatic N) is 2. The van der Waals surface area contributed by atoms with E-state index < -0.39 is 17.7 Å². The maximum atomic E-state index is 13.0. The molecule has 2 aromatic heterocycles. The van der Waals surface area contributed by atoms with Crippen LogP contribution in [0, 0.1) is 0 Å². The summed E-state index contributed by atoms with van der Waals surface area (Å²) in [5, 5.41) is 11.1. The highest BCUT2D eigenvalue weighted by Gasteiger charge is 2.47. The number of benzene rings is 1. The summed E-state index contributed by atoms with van der Waals surface area (Å²) in [6.45, 7) is 2.16. The molecule has 5 rings (SSSR count). The van der Waals surface area contributed by atoms with E-state index in [2.05, 4.69) is 4.98 Å². The molecule has 1 fully saturated rings. The van der Waals surface area contributed by atoms with E-state index >= 15 is 0 Å². The van der Waals surface area contributed by atoms with Crippen molar-refractivity contribution in [2.45, 2.75) is 32.0 Å². The number of carbonyl (C=O) groups excluding carboxylic acids is 2. The number of hydrogen-bond donors (Lipinski definition) is 1. The number of amides is 1. The lowest BCUT2D eigenvalue weighted by atomic mass is 9.97. The van der Waals surface area contributed by atoms with Crippen LogP contribution < -0.4 is 4.74 Å². The number of Topliss-reactive ketones (excluding diaryl/α,β-unsaturated/α-hetero) is 1. The van der Waals surface area contributed by atoms with Gasteiger partial charge >= 0.3 is 0 Å². The Morgan fingerprint density at radius 3 is 2.74 bits per heavy atom. The van der Waals surface area contributed by atoms with Crippen LogP contribution in [0.5, 0.6) is 5.75 Å². The van der Waals surface area contributed by atoms with E-state index in [-0.39, 0.29) is 24.0 Å². The number of pyridine rings is 1. The van der Waals surface area contributed by atoms with E-state index in [9.17, 15) is 14.7 Å². The Bertz CT molecular complexity index is 1180. The van der Waals surface area contributed by atoms with Gasteiger partial charge in [0.25, 0.3) is 11.7 Å². The van der Waals surface area contributed by atoms with Crippen LogP contribution in [0.1, 0.15) is 35.4 Å². The number of aliphatic hydroxyl groups excluding tert-OH is 1. The predicted molar refractivity (Wildman–Crippen MR) is 111 cm³/mol. The molecular formula is C24H20N2O5. The Morgan fingerprint density at radius 2 is 2.00 bits per heavy atom. The summed E-state index contributed by atoms with van der Waals surface area (Å²) in [7, 11) is 0. The number of aliphatic hydroxyl groups is 1. The van der Waals surface area contributed by atoms with Gasteiger partial charge in [-0.2, -0.15) is 0 Å². The number of carbonyl (C=O) groups is 2. The molecule has 1 amide bonds. The van der Waals surface area contributed by atoms with E-state index in [1.54, 1.807) is 48.8 Å². The number of rotatable bonds is 4. The van der Waals surface area contributed by atoms with Gasteiger partial charge in [0.2, 0.25) is 0 Å². The highest BCUT2D eigenvalue weighted by Crippen LogP contribution is 2.41. The van der Waals surface area contributed by atoms with Crippen LogP contribution >= 0.6 is 0 Å². The third-order valence-electron chi connectivity index (χ3n) is 5.62. The van der Waals surface area contributed by atoms with Gasteiger partial charge < -0.3 is 19.2 Å². The zero-order valence-electron chi connectivity index (χ0n) is 16.8. The molecule has 2 aliphatic rings. The minimum Gasteiger partial charge on any atom is -0.507 e. The highest BCUT2D eigenvalue weighted by atomic mass is 16.5. The van der Waals surface area contributed by atoms with Gasteiger partial charge in [0.1, 0.15) is 29.4 Å². The summed E-state index contributed by atoms with van der Waals surface area (Å²) < 4.78 is 11.3. The normalized spacial score (nSPS) is 21.9. The van der Waals surface area contributed by atoms with Crippen molar-refractivity contribution in [1.82, 2.24) is 9.88 Å². The Balaban J connectivity index is 1.60. The first-order valence-electron chi connectivity index (χ1n) is 10.0. The van der Waals surface area contributed by atoms with Gasteiger partial charge in [-0.25, -0.2) is 0 Å². The Labute approximate surface area is 178 Å². The lowest BCUT2D eigenvalue weighted by Gasteiger charge is -2.23. The second kappa shape index (κ2) is 7.43. The topological polar surface area (TPSA) is 92.9 Å². The van der Waals surface area contributed by atoms with Crippen molar-refractivity contribution in [1.29, 1.82) is 0 Å². The smallest absolute Gasteiger partial charge is 0.296 e. The molecular weight excluding hydrogens is 396 g/mol. The molecule has 0 radical (unpaired) electrons. The molecule has 1 saturated heterocycles. The van der Waals surface area contributed by atoms with E-state index in [4.69, 9.17) is 9.15 Å². The standard InChI is InChI=1S/C24H20N2O5/c1-14-11-17-12-16(4-5-18(17)31-14)22(27)20-21(19-3-2-10-30-19)26(24(29)23(20)28)13-15-6-8-25-9-7-15/h2-10,12,14,21,27H,11,13H2,1H3/t14-,21+/m1/s1. The maximum Gasteiger partial charge on any atom is 0.296 e. The number of ketones is 1. The lowest BCUT2D eigenvalue weighted by molar-refractivity contribution is -0.140. The van der Waals surface area contributed by atoms with E-state index in [0.717, 1.165) is 16.9 Å². The minimum absolute atomic E-state index is 0.0147. The molecule has 7 heteroatoms. The molecule has 31 heavy (non-hydrogen) atoms. The second-order valence-corrected chi connectivity index (χ2v) is 7.75. The SMILES string of the molecule is C[C@@H]1Cc2cc(C(O)=C3C(=O)C(=O)N(Cc4ccncc4)[C@H]3c3ccco3)ccc2O1. The second-order valence-electron chi connectivity index (χ2n) is 7.75. The quantitative estimate of drug-likeness (QED) is 0.397. The van der Waals surface area contributed by atoms with Gasteiger partial charge in [0.05, 0.1) is 11.8 Å². The lowest BCUT2D eigenvalue weighted by Crippen LogP contribution is -2.29. The van der Waals surface area contributed by atoms with Crippen LogP contribution in [0.4, 0.5) is 0 Å². The van der Waals surface area contributed by atoms with Crippen molar-refractivity contribution in [3.8, 4) is 5.75 Å². The average molecular weight is 416 g/mol. The number of furan rings is 1. The van der Waals surface area contributed by atoms with Gasteiger partial charge in [0, 0.05) is 30.9 Å². The van der Waals surface area contributed by atoms with Crippen molar-refractivity contribution in [2.75, 3.05) is 0 Å². The van der Waals surface area contributed by atoms with Gasteiger partial charge in [-0.3, -0.25) is 14.6 Å². The number of fused-ring (bicyclic) bond motifs is 1. The predicted octanol–water partition coefficient (Wildman–Crippen LogP) is 3.62. The Hall–Kier alpha value is -3.87.